The topological polar surface area (TPSA) is 58.2 Å². The smallest absolute Gasteiger partial charge is 0.234 e. The van der Waals surface area contributed by atoms with Crippen LogP contribution in [-0.4, -0.2) is 26.8 Å². The number of nitrogens with one attached hydrogen (secondary N) is 2. The summed E-state index contributed by atoms with van der Waals surface area (Å²) in [7, 11) is -3.29. The van der Waals surface area contributed by atoms with Crippen molar-refractivity contribution in [2.45, 2.75) is 39.2 Å². The van der Waals surface area contributed by atoms with Gasteiger partial charge in [-0.1, -0.05) is 18.6 Å². The lowest BCUT2D eigenvalue weighted by molar-refractivity contribution is 0.424. The van der Waals surface area contributed by atoms with Crippen molar-refractivity contribution in [2.24, 2.45) is 0 Å². The molecule has 0 aliphatic carbocycles. The van der Waals surface area contributed by atoms with Crippen LogP contribution in [0.3, 0.4) is 0 Å². The first-order valence-corrected chi connectivity index (χ1v) is 8.43. The Morgan fingerprint density at radius 2 is 2.11 bits per heavy atom. The zero-order valence-electron chi connectivity index (χ0n) is 11.6. The summed E-state index contributed by atoms with van der Waals surface area (Å²) in [6.07, 6.45) is 3.19. The molecule has 2 rings (SSSR count). The molecule has 0 bridgehead atoms. The maximum atomic E-state index is 12.2. The summed E-state index contributed by atoms with van der Waals surface area (Å²) in [5, 5.41) is 3.27. The minimum Gasteiger partial charge on any atom is -0.313 e. The van der Waals surface area contributed by atoms with E-state index >= 15 is 0 Å². The average Bonchev–Trinajstić information content (AvgIpc) is 2.35. The van der Waals surface area contributed by atoms with E-state index in [0.29, 0.717) is 5.69 Å². The molecular formula is C14H22N2O2S. The minimum atomic E-state index is -3.29. The third-order valence-electron chi connectivity index (χ3n) is 3.70. The van der Waals surface area contributed by atoms with Gasteiger partial charge in [0, 0.05) is 6.04 Å². The molecule has 0 amide bonds. The minimum absolute atomic E-state index is 0.0800. The van der Waals surface area contributed by atoms with E-state index in [2.05, 4.69) is 10.0 Å². The molecule has 106 valence electrons. The number of hydrogen-bond donors (Lipinski definition) is 2. The van der Waals surface area contributed by atoms with E-state index in [-0.39, 0.29) is 11.8 Å². The largest absolute Gasteiger partial charge is 0.313 e. The first-order chi connectivity index (χ1) is 8.98. The van der Waals surface area contributed by atoms with E-state index in [0.717, 1.165) is 36.9 Å². The zero-order valence-corrected chi connectivity index (χ0v) is 12.4. The Balaban J connectivity index is 2.06. The van der Waals surface area contributed by atoms with Crippen molar-refractivity contribution < 1.29 is 8.42 Å². The third-order valence-corrected chi connectivity index (χ3v) is 5.08. The molecule has 0 aromatic heterocycles. The van der Waals surface area contributed by atoms with Crippen molar-refractivity contribution in [1.82, 2.24) is 5.32 Å². The predicted molar refractivity (Wildman–Crippen MR) is 79.0 cm³/mol. The lowest BCUT2D eigenvalue weighted by Crippen LogP contribution is -2.40. The summed E-state index contributed by atoms with van der Waals surface area (Å²) >= 11 is 0. The van der Waals surface area contributed by atoms with Gasteiger partial charge in [-0.25, -0.2) is 8.42 Å². The van der Waals surface area contributed by atoms with E-state index in [4.69, 9.17) is 0 Å². The van der Waals surface area contributed by atoms with Crippen LogP contribution < -0.4 is 10.0 Å². The van der Waals surface area contributed by atoms with E-state index in [1.54, 1.807) is 0 Å². The lowest BCUT2D eigenvalue weighted by Gasteiger charge is -2.23. The highest BCUT2D eigenvalue weighted by Gasteiger charge is 2.21. The van der Waals surface area contributed by atoms with Crippen LogP contribution in [0, 0.1) is 13.8 Å². The number of rotatable bonds is 4. The monoisotopic (exact) mass is 282 g/mol. The van der Waals surface area contributed by atoms with Crippen LogP contribution >= 0.6 is 0 Å². The Hall–Kier alpha value is -1.07. The van der Waals surface area contributed by atoms with Crippen molar-refractivity contribution in [3.8, 4) is 0 Å². The first kappa shape index (κ1) is 14.3. The van der Waals surface area contributed by atoms with Crippen LogP contribution in [0.5, 0.6) is 0 Å². The average molecular weight is 282 g/mol. The maximum Gasteiger partial charge on any atom is 0.234 e. The van der Waals surface area contributed by atoms with Gasteiger partial charge in [0.05, 0.1) is 11.4 Å². The van der Waals surface area contributed by atoms with Crippen molar-refractivity contribution in [1.29, 1.82) is 0 Å². The second-order valence-electron chi connectivity index (χ2n) is 5.28. The fraction of sp³-hybridized carbons (Fsp3) is 0.571. The van der Waals surface area contributed by atoms with Gasteiger partial charge in [0.2, 0.25) is 10.0 Å². The van der Waals surface area contributed by atoms with Gasteiger partial charge < -0.3 is 5.32 Å². The Morgan fingerprint density at radius 3 is 2.79 bits per heavy atom. The molecule has 1 fully saturated rings. The summed E-state index contributed by atoms with van der Waals surface area (Å²) < 4.78 is 27.1. The lowest BCUT2D eigenvalue weighted by atomic mass is 10.1. The molecule has 1 aromatic rings. The maximum absolute atomic E-state index is 12.2. The normalized spacial score (nSPS) is 20.2. The van der Waals surface area contributed by atoms with Gasteiger partial charge in [0.1, 0.15) is 0 Å². The highest BCUT2D eigenvalue weighted by Crippen LogP contribution is 2.20. The molecule has 1 aromatic carbocycles. The van der Waals surface area contributed by atoms with Gasteiger partial charge in [-0.05, 0) is 50.4 Å². The van der Waals surface area contributed by atoms with Gasteiger partial charge in [0.15, 0.2) is 0 Å². The molecule has 4 nitrogen and oxygen atoms in total. The molecule has 1 heterocycles. The summed E-state index contributed by atoms with van der Waals surface area (Å²) in [6, 6.07) is 5.75. The van der Waals surface area contributed by atoms with Crippen LogP contribution in [0.2, 0.25) is 0 Å². The van der Waals surface area contributed by atoms with Crippen molar-refractivity contribution in [3.05, 3.63) is 29.3 Å². The van der Waals surface area contributed by atoms with E-state index in [1.807, 2.05) is 32.0 Å². The SMILES string of the molecule is Cc1cccc(NS(=O)(=O)CC2CCCCN2)c1C. The molecule has 1 saturated heterocycles. The zero-order chi connectivity index (χ0) is 13.9. The molecule has 1 atom stereocenters. The second-order valence-corrected chi connectivity index (χ2v) is 7.04. The Morgan fingerprint density at radius 1 is 1.32 bits per heavy atom. The number of benzene rings is 1. The molecule has 0 radical (unpaired) electrons. The fourth-order valence-corrected chi connectivity index (χ4v) is 3.86. The van der Waals surface area contributed by atoms with Crippen molar-refractivity contribution in [2.75, 3.05) is 17.0 Å². The fourth-order valence-electron chi connectivity index (χ4n) is 2.40. The Kier molecular flexibility index (Phi) is 4.47. The van der Waals surface area contributed by atoms with Crippen LogP contribution in [0.15, 0.2) is 18.2 Å². The molecule has 1 unspecified atom stereocenters. The highest BCUT2D eigenvalue weighted by molar-refractivity contribution is 7.92. The van der Waals surface area contributed by atoms with E-state index < -0.39 is 10.0 Å². The van der Waals surface area contributed by atoms with Gasteiger partial charge >= 0.3 is 0 Å². The third kappa shape index (κ3) is 3.94. The molecule has 1 aliphatic rings. The Bertz CT molecular complexity index is 534. The summed E-state index contributed by atoms with van der Waals surface area (Å²) in [5.74, 6) is 0.153. The number of piperidine rings is 1. The summed E-state index contributed by atoms with van der Waals surface area (Å²) in [4.78, 5) is 0. The van der Waals surface area contributed by atoms with Gasteiger partial charge in [-0.2, -0.15) is 0 Å². The first-order valence-electron chi connectivity index (χ1n) is 6.78. The quantitative estimate of drug-likeness (QED) is 0.890. The number of sulfonamides is 1. The van der Waals surface area contributed by atoms with Crippen LogP contribution in [0.1, 0.15) is 30.4 Å². The van der Waals surface area contributed by atoms with Gasteiger partial charge in [-0.15, -0.1) is 0 Å². The molecular weight excluding hydrogens is 260 g/mol. The molecule has 2 N–H and O–H groups in total. The standard InChI is InChI=1S/C14H22N2O2S/c1-11-6-5-8-14(12(11)2)16-19(17,18)10-13-7-3-4-9-15-13/h5-6,8,13,15-16H,3-4,7,9-10H2,1-2H3. The second kappa shape index (κ2) is 5.92. The predicted octanol–water partition coefficient (Wildman–Crippen LogP) is 2.19. The van der Waals surface area contributed by atoms with Crippen molar-refractivity contribution in [3.63, 3.8) is 0 Å². The number of aryl methyl sites for hydroxylation is 1. The highest BCUT2D eigenvalue weighted by atomic mass is 32.2. The van der Waals surface area contributed by atoms with Crippen LogP contribution in [-0.2, 0) is 10.0 Å². The van der Waals surface area contributed by atoms with E-state index in [1.165, 1.54) is 0 Å². The summed E-state index contributed by atoms with van der Waals surface area (Å²) in [6.45, 7) is 4.84. The van der Waals surface area contributed by atoms with Crippen LogP contribution in [0.25, 0.3) is 0 Å². The molecule has 0 spiro atoms. The molecule has 5 heteroatoms. The number of hydrogen-bond acceptors (Lipinski definition) is 3. The molecule has 1 aliphatic heterocycles. The van der Waals surface area contributed by atoms with Gasteiger partial charge in [0.25, 0.3) is 0 Å². The molecule has 19 heavy (non-hydrogen) atoms. The number of anilines is 1. The molecule has 0 saturated carbocycles. The van der Waals surface area contributed by atoms with Crippen LogP contribution in [0.4, 0.5) is 5.69 Å². The van der Waals surface area contributed by atoms with Crippen molar-refractivity contribution >= 4 is 15.7 Å². The van der Waals surface area contributed by atoms with E-state index in [9.17, 15) is 8.42 Å². The summed E-state index contributed by atoms with van der Waals surface area (Å²) in [5.41, 5.74) is 2.77. The Labute approximate surface area is 115 Å². The van der Waals surface area contributed by atoms with Gasteiger partial charge in [-0.3, -0.25) is 4.72 Å².